The second kappa shape index (κ2) is 3.89. The fraction of sp³-hybridized carbons (Fsp3) is 0. The second-order valence-electron chi connectivity index (χ2n) is 3.02. The predicted molar refractivity (Wildman–Crippen MR) is 54.3 cm³/mol. The largest absolute Gasteiger partial charge is 0.246 e. The molecule has 0 amide bonds. The van der Waals surface area contributed by atoms with Crippen molar-refractivity contribution >= 4 is 0 Å². The summed E-state index contributed by atoms with van der Waals surface area (Å²) in [5.74, 6) is -0.299. The van der Waals surface area contributed by atoms with E-state index in [1.54, 1.807) is 30.3 Å². The van der Waals surface area contributed by atoms with Gasteiger partial charge in [-0.2, -0.15) is 5.26 Å². The molecule has 0 aliphatic rings. The molecule has 2 nitrogen and oxygen atoms in total. The molecule has 2 rings (SSSR count). The molecule has 0 aliphatic carbocycles. The molecule has 0 unspecified atom stereocenters. The number of halogens is 1. The smallest absolute Gasteiger partial charge is 0.141 e. The van der Waals surface area contributed by atoms with Crippen LogP contribution in [0.1, 0.15) is 5.69 Å². The molecule has 0 saturated heterocycles. The minimum atomic E-state index is -0.299. The van der Waals surface area contributed by atoms with Gasteiger partial charge >= 0.3 is 0 Å². The molecule has 2 aromatic rings. The van der Waals surface area contributed by atoms with Crippen molar-refractivity contribution in [2.75, 3.05) is 0 Å². The first-order chi connectivity index (χ1) is 7.31. The van der Waals surface area contributed by atoms with Gasteiger partial charge in [0.1, 0.15) is 17.6 Å². The third-order valence-corrected chi connectivity index (χ3v) is 2.06. The lowest BCUT2D eigenvalue weighted by atomic mass is 10.1. The molecule has 3 heteroatoms. The van der Waals surface area contributed by atoms with Crippen LogP contribution in [0.4, 0.5) is 4.39 Å². The summed E-state index contributed by atoms with van der Waals surface area (Å²) in [5.41, 5.74) is 1.44. The van der Waals surface area contributed by atoms with Crippen LogP contribution in [0.15, 0.2) is 42.6 Å². The number of rotatable bonds is 1. The number of hydrogen-bond donors (Lipinski definition) is 0. The van der Waals surface area contributed by atoms with Gasteiger partial charge in [0.05, 0.1) is 0 Å². The molecule has 0 saturated carbocycles. The van der Waals surface area contributed by atoms with Crippen LogP contribution in [0.5, 0.6) is 0 Å². The van der Waals surface area contributed by atoms with Gasteiger partial charge in [0.15, 0.2) is 0 Å². The molecule has 0 fully saturated rings. The summed E-state index contributed by atoms with van der Waals surface area (Å²) in [6.45, 7) is 0. The molecule has 15 heavy (non-hydrogen) atoms. The molecule has 1 heterocycles. The van der Waals surface area contributed by atoms with Gasteiger partial charge < -0.3 is 0 Å². The van der Waals surface area contributed by atoms with Crippen molar-refractivity contribution in [2.24, 2.45) is 0 Å². The SMILES string of the molecule is N#Cc1cc(-c2ccccc2F)ccn1. The number of pyridine rings is 1. The van der Waals surface area contributed by atoms with Gasteiger partial charge in [0, 0.05) is 11.8 Å². The lowest BCUT2D eigenvalue weighted by Gasteiger charge is -2.02. The molecule has 0 aliphatic heterocycles. The number of aromatic nitrogens is 1. The highest BCUT2D eigenvalue weighted by atomic mass is 19.1. The van der Waals surface area contributed by atoms with E-state index in [1.807, 2.05) is 6.07 Å². The fourth-order valence-corrected chi connectivity index (χ4v) is 1.35. The monoisotopic (exact) mass is 198 g/mol. The van der Waals surface area contributed by atoms with Crippen molar-refractivity contribution < 1.29 is 4.39 Å². The summed E-state index contributed by atoms with van der Waals surface area (Å²) in [6.07, 6.45) is 1.50. The zero-order chi connectivity index (χ0) is 10.7. The average molecular weight is 198 g/mol. The zero-order valence-corrected chi connectivity index (χ0v) is 7.81. The van der Waals surface area contributed by atoms with Crippen LogP contribution < -0.4 is 0 Å². The lowest BCUT2D eigenvalue weighted by molar-refractivity contribution is 0.631. The van der Waals surface area contributed by atoms with Crippen molar-refractivity contribution in [1.29, 1.82) is 5.26 Å². The van der Waals surface area contributed by atoms with Crippen molar-refractivity contribution in [3.63, 3.8) is 0 Å². The van der Waals surface area contributed by atoms with Crippen LogP contribution in [-0.2, 0) is 0 Å². The third kappa shape index (κ3) is 1.84. The fourth-order valence-electron chi connectivity index (χ4n) is 1.35. The van der Waals surface area contributed by atoms with Crippen LogP contribution in [0.3, 0.4) is 0 Å². The van der Waals surface area contributed by atoms with E-state index in [9.17, 15) is 4.39 Å². The van der Waals surface area contributed by atoms with Gasteiger partial charge in [-0.3, -0.25) is 0 Å². The van der Waals surface area contributed by atoms with E-state index < -0.39 is 0 Å². The van der Waals surface area contributed by atoms with E-state index in [2.05, 4.69) is 4.98 Å². The highest BCUT2D eigenvalue weighted by Gasteiger charge is 2.04. The standard InChI is InChI=1S/C12H7FN2/c13-12-4-2-1-3-11(12)9-5-6-15-10(7-9)8-14/h1-7H. The maximum atomic E-state index is 13.4. The van der Waals surface area contributed by atoms with E-state index in [0.717, 1.165) is 0 Å². The summed E-state index contributed by atoms with van der Waals surface area (Å²) in [7, 11) is 0. The summed E-state index contributed by atoms with van der Waals surface area (Å²) in [4.78, 5) is 3.83. The Hall–Kier alpha value is -2.21. The van der Waals surface area contributed by atoms with Gasteiger partial charge in [0.25, 0.3) is 0 Å². The zero-order valence-electron chi connectivity index (χ0n) is 7.81. The van der Waals surface area contributed by atoms with Crippen LogP contribution in [-0.4, -0.2) is 4.98 Å². The maximum absolute atomic E-state index is 13.4. The van der Waals surface area contributed by atoms with Crippen molar-refractivity contribution in [2.45, 2.75) is 0 Å². The molecule has 0 bridgehead atoms. The number of nitriles is 1. The topological polar surface area (TPSA) is 36.7 Å². The Morgan fingerprint density at radius 3 is 2.73 bits per heavy atom. The van der Waals surface area contributed by atoms with Crippen LogP contribution in [0, 0.1) is 17.1 Å². The average Bonchev–Trinajstić information content (AvgIpc) is 2.30. The van der Waals surface area contributed by atoms with Crippen LogP contribution in [0.25, 0.3) is 11.1 Å². The predicted octanol–water partition coefficient (Wildman–Crippen LogP) is 2.76. The summed E-state index contributed by atoms with van der Waals surface area (Å²) < 4.78 is 13.4. The summed E-state index contributed by atoms with van der Waals surface area (Å²) in [6, 6.07) is 11.6. The molecular weight excluding hydrogens is 191 g/mol. The van der Waals surface area contributed by atoms with E-state index in [1.165, 1.54) is 12.3 Å². The molecule has 1 aromatic carbocycles. The normalized spacial score (nSPS) is 9.60. The quantitative estimate of drug-likeness (QED) is 0.706. The Morgan fingerprint density at radius 2 is 2.00 bits per heavy atom. The molecule has 0 radical (unpaired) electrons. The Morgan fingerprint density at radius 1 is 1.20 bits per heavy atom. The summed E-state index contributed by atoms with van der Waals surface area (Å²) >= 11 is 0. The van der Waals surface area contributed by atoms with Gasteiger partial charge in [-0.05, 0) is 23.8 Å². The van der Waals surface area contributed by atoms with Crippen molar-refractivity contribution in [3.05, 3.63) is 54.1 Å². The number of hydrogen-bond acceptors (Lipinski definition) is 2. The van der Waals surface area contributed by atoms with Crippen LogP contribution >= 0.6 is 0 Å². The molecule has 72 valence electrons. The first-order valence-corrected chi connectivity index (χ1v) is 4.42. The Labute approximate surface area is 86.6 Å². The Kier molecular flexibility index (Phi) is 2.42. The van der Waals surface area contributed by atoms with Gasteiger partial charge in [0.2, 0.25) is 0 Å². The minimum Gasteiger partial charge on any atom is -0.246 e. The van der Waals surface area contributed by atoms with Crippen molar-refractivity contribution in [1.82, 2.24) is 4.98 Å². The minimum absolute atomic E-state index is 0.288. The van der Waals surface area contributed by atoms with E-state index >= 15 is 0 Å². The Balaban J connectivity index is 2.55. The Bertz CT molecular complexity index is 529. The molecule has 0 N–H and O–H groups in total. The highest BCUT2D eigenvalue weighted by Crippen LogP contribution is 2.22. The first-order valence-electron chi connectivity index (χ1n) is 4.42. The maximum Gasteiger partial charge on any atom is 0.141 e. The van der Waals surface area contributed by atoms with Crippen LogP contribution in [0.2, 0.25) is 0 Å². The second-order valence-corrected chi connectivity index (χ2v) is 3.02. The summed E-state index contributed by atoms with van der Waals surface area (Å²) in [5, 5.41) is 8.67. The van der Waals surface area contributed by atoms with E-state index in [4.69, 9.17) is 5.26 Å². The molecule has 1 aromatic heterocycles. The molecular formula is C12H7FN2. The number of nitrogens with zero attached hydrogens (tertiary/aromatic N) is 2. The first kappa shape index (κ1) is 9.35. The molecule has 0 spiro atoms. The third-order valence-electron chi connectivity index (χ3n) is 2.06. The lowest BCUT2D eigenvalue weighted by Crippen LogP contribution is -1.86. The van der Waals surface area contributed by atoms with E-state index in [-0.39, 0.29) is 11.5 Å². The van der Waals surface area contributed by atoms with Gasteiger partial charge in [-0.25, -0.2) is 9.37 Å². The highest BCUT2D eigenvalue weighted by molar-refractivity contribution is 5.64. The number of benzene rings is 1. The van der Waals surface area contributed by atoms with Gasteiger partial charge in [-0.15, -0.1) is 0 Å². The van der Waals surface area contributed by atoms with E-state index in [0.29, 0.717) is 11.1 Å². The molecule has 0 atom stereocenters. The van der Waals surface area contributed by atoms with Crippen molar-refractivity contribution in [3.8, 4) is 17.2 Å². The van der Waals surface area contributed by atoms with Gasteiger partial charge in [-0.1, -0.05) is 18.2 Å².